The molecule has 2 heteroatoms. The highest BCUT2D eigenvalue weighted by Gasteiger charge is 1.99. The molecule has 2 nitrogen and oxygen atoms in total. The van der Waals surface area contributed by atoms with Crippen molar-refractivity contribution in [2.75, 3.05) is 0 Å². The minimum atomic E-state index is 0.645. The van der Waals surface area contributed by atoms with Crippen molar-refractivity contribution in [1.82, 2.24) is 4.98 Å². The summed E-state index contributed by atoms with van der Waals surface area (Å²) < 4.78 is 5.14. The summed E-state index contributed by atoms with van der Waals surface area (Å²) in [4.78, 5) is 4.24. The molecule has 0 unspecified atom stereocenters. The second-order valence-corrected chi connectivity index (χ2v) is 2.59. The Morgan fingerprint density at radius 3 is 3.00 bits per heavy atom. The topological polar surface area (TPSA) is 26.0 Å². The number of nitrogens with zero attached hydrogens (tertiary/aromatic N) is 1. The molecule has 1 radical (unpaired) electrons. The normalized spacial score (nSPS) is 10.4. The number of aryl methyl sites for hydroxylation is 1. The van der Waals surface area contributed by atoms with Gasteiger partial charge in [0, 0.05) is 6.42 Å². The van der Waals surface area contributed by atoms with Gasteiger partial charge >= 0.3 is 0 Å². The van der Waals surface area contributed by atoms with E-state index in [1.807, 2.05) is 0 Å². The summed E-state index contributed by atoms with van der Waals surface area (Å²) in [5, 5.41) is 0. The van der Waals surface area contributed by atoms with Crippen molar-refractivity contribution in [3.8, 4) is 0 Å². The summed E-state index contributed by atoms with van der Waals surface area (Å²) in [6, 6.07) is 0. The zero-order chi connectivity index (χ0) is 8.10. The Morgan fingerprint density at radius 1 is 1.64 bits per heavy atom. The van der Waals surface area contributed by atoms with Crippen LogP contribution in [0.25, 0.3) is 0 Å². The summed E-state index contributed by atoms with van der Waals surface area (Å²) in [5.41, 5.74) is 1.06. The highest BCUT2D eigenvalue weighted by atomic mass is 16.3. The van der Waals surface area contributed by atoms with Gasteiger partial charge in [0.25, 0.3) is 0 Å². The van der Waals surface area contributed by atoms with Gasteiger partial charge in [-0.1, -0.05) is 13.3 Å². The Kier molecular flexibility index (Phi) is 3.14. The molecule has 0 aliphatic rings. The molecule has 1 heterocycles. The van der Waals surface area contributed by atoms with E-state index in [4.69, 9.17) is 4.42 Å². The third-order valence-corrected chi connectivity index (χ3v) is 1.60. The number of unbranched alkanes of at least 4 members (excludes halogenated alkanes) is 1. The molecule has 1 rings (SSSR count). The molecule has 0 aliphatic heterocycles. The van der Waals surface area contributed by atoms with Crippen molar-refractivity contribution in [2.24, 2.45) is 0 Å². The molecule has 0 amide bonds. The first-order valence-corrected chi connectivity index (χ1v) is 4.09. The van der Waals surface area contributed by atoms with E-state index in [2.05, 4.69) is 18.8 Å². The van der Waals surface area contributed by atoms with Gasteiger partial charge < -0.3 is 4.42 Å². The second-order valence-electron chi connectivity index (χ2n) is 2.59. The van der Waals surface area contributed by atoms with Crippen LogP contribution in [0.15, 0.2) is 10.7 Å². The van der Waals surface area contributed by atoms with Crippen molar-refractivity contribution in [2.45, 2.75) is 32.6 Å². The lowest BCUT2D eigenvalue weighted by atomic mass is 10.2. The smallest absolute Gasteiger partial charge is 0.194 e. The van der Waals surface area contributed by atoms with E-state index in [9.17, 15) is 0 Å². The van der Waals surface area contributed by atoms with E-state index in [1.54, 1.807) is 6.26 Å². The van der Waals surface area contributed by atoms with E-state index in [0.29, 0.717) is 6.42 Å². The van der Waals surface area contributed by atoms with Gasteiger partial charge in [-0.3, -0.25) is 0 Å². The molecule has 0 saturated carbocycles. The van der Waals surface area contributed by atoms with Crippen molar-refractivity contribution in [1.29, 1.82) is 0 Å². The Balaban J connectivity index is 2.44. The van der Waals surface area contributed by atoms with Gasteiger partial charge in [-0.15, -0.1) is 0 Å². The lowest BCUT2D eigenvalue weighted by Gasteiger charge is -1.89. The molecular weight excluding hydrogens is 138 g/mol. The summed E-state index contributed by atoms with van der Waals surface area (Å²) in [5.74, 6) is 0.746. The number of oxazole rings is 1. The zero-order valence-corrected chi connectivity index (χ0v) is 6.97. The SMILES string of the molecule is [CH2]Cc1nc(CCCC)co1. The third-order valence-electron chi connectivity index (χ3n) is 1.60. The molecule has 1 aromatic heterocycles. The van der Waals surface area contributed by atoms with Crippen LogP contribution in [0.4, 0.5) is 0 Å². The monoisotopic (exact) mass is 152 g/mol. The largest absolute Gasteiger partial charge is 0.449 e. The van der Waals surface area contributed by atoms with Gasteiger partial charge in [-0.05, 0) is 19.8 Å². The quantitative estimate of drug-likeness (QED) is 0.662. The van der Waals surface area contributed by atoms with Crippen LogP contribution in [0.3, 0.4) is 0 Å². The molecule has 1 aromatic rings. The highest BCUT2D eigenvalue weighted by Crippen LogP contribution is 2.05. The van der Waals surface area contributed by atoms with Gasteiger partial charge in [0.2, 0.25) is 0 Å². The van der Waals surface area contributed by atoms with E-state index in [-0.39, 0.29) is 0 Å². The van der Waals surface area contributed by atoms with Gasteiger partial charge in [0.05, 0.1) is 5.69 Å². The van der Waals surface area contributed by atoms with Crippen LogP contribution in [0.2, 0.25) is 0 Å². The fourth-order valence-corrected chi connectivity index (χ4v) is 0.936. The first-order valence-electron chi connectivity index (χ1n) is 4.09. The number of hydrogen-bond acceptors (Lipinski definition) is 2. The fraction of sp³-hybridized carbons (Fsp3) is 0.556. The van der Waals surface area contributed by atoms with Gasteiger partial charge in [-0.2, -0.15) is 0 Å². The molecule has 0 atom stereocenters. The molecule has 0 N–H and O–H groups in total. The van der Waals surface area contributed by atoms with Crippen molar-refractivity contribution in [3.05, 3.63) is 24.8 Å². The van der Waals surface area contributed by atoms with Crippen LogP contribution >= 0.6 is 0 Å². The van der Waals surface area contributed by atoms with E-state index >= 15 is 0 Å². The molecule has 0 bridgehead atoms. The highest BCUT2D eigenvalue weighted by molar-refractivity contribution is 4.96. The molecule has 0 saturated heterocycles. The first kappa shape index (κ1) is 8.31. The maximum atomic E-state index is 5.14. The van der Waals surface area contributed by atoms with Crippen LogP contribution in [0, 0.1) is 6.92 Å². The zero-order valence-electron chi connectivity index (χ0n) is 6.97. The van der Waals surface area contributed by atoms with Crippen molar-refractivity contribution < 1.29 is 4.42 Å². The van der Waals surface area contributed by atoms with Crippen LogP contribution in [0.1, 0.15) is 31.4 Å². The summed E-state index contributed by atoms with van der Waals surface area (Å²) in [7, 11) is 0. The number of aromatic nitrogens is 1. The minimum absolute atomic E-state index is 0.645. The van der Waals surface area contributed by atoms with Crippen LogP contribution in [0.5, 0.6) is 0 Å². The Hall–Kier alpha value is -0.790. The molecule has 0 fully saturated rings. The fourth-order valence-electron chi connectivity index (χ4n) is 0.936. The number of hydrogen-bond donors (Lipinski definition) is 0. The lowest BCUT2D eigenvalue weighted by molar-refractivity contribution is 0.508. The minimum Gasteiger partial charge on any atom is -0.449 e. The van der Waals surface area contributed by atoms with Gasteiger partial charge in [-0.25, -0.2) is 4.98 Å². The first-order chi connectivity index (χ1) is 5.36. The molecule has 11 heavy (non-hydrogen) atoms. The van der Waals surface area contributed by atoms with Crippen molar-refractivity contribution >= 4 is 0 Å². The Labute approximate surface area is 67.6 Å². The summed E-state index contributed by atoms with van der Waals surface area (Å²) >= 11 is 0. The third kappa shape index (κ3) is 2.37. The second kappa shape index (κ2) is 4.16. The maximum absolute atomic E-state index is 5.14. The van der Waals surface area contributed by atoms with Crippen LogP contribution in [-0.4, -0.2) is 4.98 Å². The van der Waals surface area contributed by atoms with Gasteiger partial charge in [0.1, 0.15) is 6.26 Å². The summed E-state index contributed by atoms with van der Waals surface area (Å²) in [6.07, 6.45) is 5.79. The molecule has 61 valence electrons. The molecule has 0 spiro atoms. The average molecular weight is 152 g/mol. The average Bonchev–Trinajstić information content (AvgIpc) is 2.48. The predicted molar refractivity (Wildman–Crippen MR) is 44.2 cm³/mol. The van der Waals surface area contributed by atoms with E-state index < -0.39 is 0 Å². The Bertz CT molecular complexity index is 205. The molecule has 0 aliphatic carbocycles. The maximum Gasteiger partial charge on any atom is 0.194 e. The van der Waals surface area contributed by atoms with Crippen molar-refractivity contribution in [3.63, 3.8) is 0 Å². The van der Waals surface area contributed by atoms with E-state index in [0.717, 1.165) is 18.0 Å². The summed E-state index contributed by atoms with van der Waals surface area (Å²) in [6.45, 7) is 5.86. The predicted octanol–water partition coefficient (Wildman–Crippen LogP) is 2.39. The number of rotatable bonds is 4. The standard InChI is InChI=1S/C9H14NO/c1-3-5-6-8-7-11-9(4-2)10-8/h7H,2-6H2,1H3. The lowest BCUT2D eigenvalue weighted by Crippen LogP contribution is -1.85. The van der Waals surface area contributed by atoms with Crippen LogP contribution in [-0.2, 0) is 12.8 Å². The Morgan fingerprint density at radius 2 is 2.45 bits per heavy atom. The molecular formula is C9H14NO. The van der Waals surface area contributed by atoms with Gasteiger partial charge in [0.15, 0.2) is 5.89 Å². The van der Waals surface area contributed by atoms with Crippen LogP contribution < -0.4 is 0 Å². The molecule has 0 aromatic carbocycles. The van der Waals surface area contributed by atoms with E-state index in [1.165, 1.54) is 12.8 Å².